The normalized spacial score (nSPS) is 14.0. The molecule has 5 rings (SSSR count). The number of aryl methyl sites for hydroxylation is 4. The largest absolute Gasteiger partial charge is 0.481 e. The van der Waals surface area contributed by atoms with Gasteiger partial charge in [-0.05, 0) is 91.3 Å². The Morgan fingerprint density at radius 2 is 1.81 bits per heavy atom. The smallest absolute Gasteiger partial charge is 0.304 e. The molecule has 3 aromatic carbocycles. The summed E-state index contributed by atoms with van der Waals surface area (Å²) in [5, 5.41) is 18.4. The van der Waals surface area contributed by atoms with Crippen molar-refractivity contribution in [2.75, 3.05) is 6.54 Å². The molecule has 1 aromatic heterocycles. The van der Waals surface area contributed by atoms with Crippen molar-refractivity contribution in [3.63, 3.8) is 0 Å². The molecule has 0 saturated heterocycles. The highest BCUT2D eigenvalue weighted by Crippen LogP contribution is 2.35. The third-order valence-corrected chi connectivity index (χ3v) is 7.72. The van der Waals surface area contributed by atoms with Crippen molar-refractivity contribution in [3.05, 3.63) is 93.0 Å². The number of carbonyl (C=O) groups excluding carboxylic acids is 1. The maximum Gasteiger partial charge on any atom is 0.304 e. The van der Waals surface area contributed by atoms with E-state index in [1.165, 1.54) is 11.1 Å². The van der Waals surface area contributed by atoms with E-state index >= 15 is 0 Å². The average Bonchev–Trinajstić information content (AvgIpc) is 3.32. The van der Waals surface area contributed by atoms with Crippen LogP contribution in [0.15, 0.2) is 48.5 Å². The zero-order chi connectivity index (χ0) is 26.3. The molecule has 1 N–H and O–H groups in total. The highest BCUT2D eigenvalue weighted by molar-refractivity contribution is 5.94. The van der Waals surface area contributed by atoms with Gasteiger partial charge in [0.2, 0.25) is 0 Å². The van der Waals surface area contributed by atoms with Crippen LogP contribution in [0.4, 0.5) is 0 Å². The fraction of sp³-hybridized carbons (Fsp3) is 0.333. The Morgan fingerprint density at radius 3 is 2.54 bits per heavy atom. The van der Waals surface area contributed by atoms with Crippen LogP contribution in [0.3, 0.4) is 0 Å². The monoisotopic (exact) mass is 496 g/mol. The summed E-state index contributed by atoms with van der Waals surface area (Å²) in [6.07, 6.45) is 0.749. The summed E-state index contributed by atoms with van der Waals surface area (Å²) in [5.74, 6) is -1.16. The van der Waals surface area contributed by atoms with Crippen LogP contribution < -0.4 is 0 Å². The molecule has 1 amide bonds. The number of benzene rings is 3. The molecule has 0 radical (unpaired) electrons. The Hall–Kier alpha value is -4.00. The molecule has 2 heterocycles. The van der Waals surface area contributed by atoms with Crippen LogP contribution in [-0.4, -0.2) is 43.4 Å². The van der Waals surface area contributed by atoms with E-state index in [9.17, 15) is 14.7 Å². The molecule has 0 fully saturated rings. The van der Waals surface area contributed by atoms with Gasteiger partial charge >= 0.3 is 5.97 Å². The number of fused-ring (bicyclic) bond motifs is 2. The summed E-state index contributed by atoms with van der Waals surface area (Å²) in [7, 11) is 0. The Bertz CT molecular complexity index is 1520. The molecule has 37 heavy (non-hydrogen) atoms. The second-order valence-electron chi connectivity index (χ2n) is 10.0. The summed E-state index contributed by atoms with van der Waals surface area (Å²) < 4.78 is 1.85. The van der Waals surface area contributed by atoms with Crippen molar-refractivity contribution >= 4 is 22.9 Å². The molecule has 190 valence electrons. The molecule has 1 aliphatic heterocycles. The minimum Gasteiger partial charge on any atom is -0.481 e. The van der Waals surface area contributed by atoms with Crippen LogP contribution in [0, 0.1) is 20.8 Å². The van der Waals surface area contributed by atoms with Crippen molar-refractivity contribution in [2.24, 2.45) is 0 Å². The Morgan fingerprint density at radius 1 is 1.00 bits per heavy atom. The molecule has 1 aliphatic rings. The lowest BCUT2D eigenvalue weighted by atomic mass is 9.83. The lowest BCUT2D eigenvalue weighted by Gasteiger charge is -2.30. The maximum atomic E-state index is 13.3. The number of carboxylic acids is 1. The number of carbonyl (C=O) groups is 2. The molecule has 0 bridgehead atoms. The minimum absolute atomic E-state index is 0.0292. The molecule has 1 atom stereocenters. The first-order valence-corrected chi connectivity index (χ1v) is 12.8. The highest BCUT2D eigenvalue weighted by Gasteiger charge is 2.26. The molecular weight excluding hydrogens is 464 g/mol. The Labute approximate surface area is 216 Å². The van der Waals surface area contributed by atoms with Crippen LogP contribution in [0.2, 0.25) is 0 Å². The molecule has 0 aliphatic carbocycles. The van der Waals surface area contributed by atoms with Crippen molar-refractivity contribution in [1.82, 2.24) is 19.9 Å². The van der Waals surface area contributed by atoms with E-state index in [-0.39, 0.29) is 18.2 Å². The second-order valence-corrected chi connectivity index (χ2v) is 10.0. The average molecular weight is 497 g/mol. The molecular formula is C30H32N4O3. The van der Waals surface area contributed by atoms with Crippen LogP contribution >= 0.6 is 0 Å². The van der Waals surface area contributed by atoms with E-state index in [2.05, 4.69) is 22.4 Å². The minimum atomic E-state index is -0.856. The molecule has 4 aromatic rings. The number of nitrogens with zero attached hydrogens (tertiary/aromatic N) is 4. The van der Waals surface area contributed by atoms with Crippen molar-refractivity contribution in [3.8, 4) is 0 Å². The Balaban J connectivity index is 1.49. The van der Waals surface area contributed by atoms with Crippen molar-refractivity contribution in [2.45, 2.75) is 59.5 Å². The van der Waals surface area contributed by atoms with Gasteiger partial charge in [-0.2, -0.15) is 0 Å². The lowest BCUT2D eigenvalue weighted by Crippen LogP contribution is -2.36. The van der Waals surface area contributed by atoms with E-state index in [0.717, 1.165) is 51.8 Å². The summed E-state index contributed by atoms with van der Waals surface area (Å²) in [6.45, 7) is 9.97. The van der Waals surface area contributed by atoms with Gasteiger partial charge in [0, 0.05) is 31.1 Å². The summed E-state index contributed by atoms with van der Waals surface area (Å²) in [5.41, 5.74) is 9.84. The van der Waals surface area contributed by atoms with Crippen LogP contribution in [0.1, 0.15) is 68.6 Å². The lowest BCUT2D eigenvalue weighted by molar-refractivity contribution is -0.137. The first-order valence-electron chi connectivity index (χ1n) is 12.8. The van der Waals surface area contributed by atoms with Gasteiger partial charge in [-0.3, -0.25) is 9.59 Å². The molecule has 1 unspecified atom stereocenters. The third-order valence-electron chi connectivity index (χ3n) is 7.72. The summed E-state index contributed by atoms with van der Waals surface area (Å²) in [4.78, 5) is 27.1. The van der Waals surface area contributed by atoms with Gasteiger partial charge in [0.05, 0.1) is 11.9 Å². The first kappa shape index (κ1) is 24.7. The Kier molecular flexibility index (Phi) is 6.54. The number of carboxylic acid groups (broad SMARTS) is 1. The summed E-state index contributed by atoms with van der Waals surface area (Å²) >= 11 is 0. The second kappa shape index (κ2) is 9.81. The number of rotatable bonds is 6. The fourth-order valence-corrected chi connectivity index (χ4v) is 5.40. The van der Waals surface area contributed by atoms with E-state index in [1.807, 2.05) is 73.7 Å². The third kappa shape index (κ3) is 4.61. The highest BCUT2D eigenvalue weighted by atomic mass is 16.4. The van der Waals surface area contributed by atoms with Crippen molar-refractivity contribution in [1.29, 1.82) is 0 Å². The number of aromatic nitrogens is 3. The van der Waals surface area contributed by atoms with Gasteiger partial charge < -0.3 is 10.0 Å². The fourth-order valence-electron chi connectivity index (χ4n) is 5.40. The number of hydrogen-bond donors (Lipinski definition) is 1. The number of aliphatic carboxylic acids is 1. The van der Waals surface area contributed by atoms with Gasteiger partial charge in [-0.1, -0.05) is 35.5 Å². The van der Waals surface area contributed by atoms with Gasteiger partial charge in [0.15, 0.2) is 0 Å². The number of amides is 1. The maximum absolute atomic E-state index is 13.3. The van der Waals surface area contributed by atoms with E-state index in [1.54, 1.807) is 0 Å². The molecule has 7 heteroatoms. The van der Waals surface area contributed by atoms with Crippen molar-refractivity contribution < 1.29 is 14.7 Å². The number of hydrogen-bond acceptors (Lipinski definition) is 4. The van der Waals surface area contributed by atoms with Crippen LogP contribution in [-0.2, 0) is 24.3 Å². The molecule has 0 spiro atoms. The van der Waals surface area contributed by atoms with E-state index in [0.29, 0.717) is 18.7 Å². The van der Waals surface area contributed by atoms with Gasteiger partial charge in [0.25, 0.3) is 5.91 Å². The van der Waals surface area contributed by atoms with E-state index < -0.39 is 5.97 Å². The first-order chi connectivity index (χ1) is 17.8. The summed E-state index contributed by atoms with van der Waals surface area (Å²) in [6, 6.07) is 16.1. The zero-order valence-electron chi connectivity index (χ0n) is 21.8. The predicted octanol–water partition coefficient (Wildman–Crippen LogP) is 5.18. The van der Waals surface area contributed by atoms with Gasteiger partial charge in [-0.25, -0.2) is 4.68 Å². The molecule has 7 nitrogen and oxygen atoms in total. The zero-order valence-corrected chi connectivity index (χ0v) is 21.8. The quantitative estimate of drug-likeness (QED) is 0.397. The van der Waals surface area contributed by atoms with E-state index in [4.69, 9.17) is 0 Å². The van der Waals surface area contributed by atoms with Gasteiger partial charge in [-0.15, -0.1) is 5.10 Å². The standard InChI is InChI=1S/C30H32N4O3/c1-5-34-27-11-10-25(20(4)29(27)31-32-34)26(16-28(35)36)22-9-8-21-12-13-33(17-24(21)15-22)30(37)23-7-6-18(2)19(3)14-23/h6-11,14-15,26H,5,12-13,16-17H2,1-4H3,(H,35,36). The van der Waals surface area contributed by atoms with Gasteiger partial charge in [0.1, 0.15) is 5.52 Å². The predicted molar refractivity (Wildman–Crippen MR) is 143 cm³/mol. The van der Waals surface area contributed by atoms with Crippen LogP contribution in [0.5, 0.6) is 0 Å². The topological polar surface area (TPSA) is 88.3 Å². The SMILES string of the molecule is CCn1nnc2c(C)c(C(CC(=O)O)c3ccc4c(c3)CN(C(=O)c3ccc(C)c(C)c3)CC4)ccc21. The molecule has 0 saturated carbocycles. The van der Waals surface area contributed by atoms with Crippen LogP contribution in [0.25, 0.3) is 11.0 Å².